The second kappa shape index (κ2) is 7.09. The van der Waals surface area contributed by atoms with E-state index in [1.54, 1.807) is 0 Å². The van der Waals surface area contributed by atoms with Crippen molar-refractivity contribution in [2.45, 2.75) is 44.4 Å². The molecule has 0 bridgehead atoms. The van der Waals surface area contributed by atoms with Crippen LogP contribution in [0.2, 0.25) is 0 Å². The van der Waals surface area contributed by atoms with Gasteiger partial charge in [0.25, 0.3) is 0 Å². The van der Waals surface area contributed by atoms with E-state index in [0.29, 0.717) is 6.42 Å². The van der Waals surface area contributed by atoms with Gasteiger partial charge in [-0.15, -0.1) is 0 Å². The Morgan fingerprint density at radius 2 is 1.82 bits per heavy atom. The van der Waals surface area contributed by atoms with E-state index in [0.717, 1.165) is 31.2 Å². The molecule has 92 valence electrons. The molecule has 1 unspecified atom stereocenters. The summed E-state index contributed by atoms with van der Waals surface area (Å²) in [5, 5.41) is 18.5. The fourth-order valence-electron chi connectivity index (χ4n) is 2.21. The summed E-state index contributed by atoms with van der Waals surface area (Å²) >= 11 is 0. The van der Waals surface area contributed by atoms with Crippen LogP contribution >= 0.6 is 0 Å². The summed E-state index contributed by atoms with van der Waals surface area (Å²) in [6.45, 7) is 2.29. The van der Waals surface area contributed by atoms with Crippen molar-refractivity contribution in [3.63, 3.8) is 0 Å². The fraction of sp³-hybridized carbons (Fsp3) is 0.533. The molecule has 2 nitrogen and oxygen atoms in total. The number of aliphatic hydroxyl groups is 1. The van der Waals surface area contributed by atoms with Gasteiger partial charge < -0.3 is 5.11 Å². The van der Waals surface area contributed by atoms with Crippen LogP contribution in [0.25, 0.3) is 0 Å². The predicted octanol–water partition coefficient (Wildman–Crippen LogP) is 3.41. The third kappa shape index (κ3) is 3.57. The minimum absolute atomic E-state index is 0.155. The average molecular weight is 231 g/mol. The molecule has 1 rings (SSSR count). The van der Waals surface area contributed by atoms with Gasteiger partial charge >= 0.3 is 0 Å². The maximum atomic E-state index is 9.55. The summed E-state index contributed by atoms with van der Waals surface area (Å²) in [6.07, 6.45) is 4.45. The van der Waals surface area contributed by atoms with E-state index in [1.165, 1.54) is 0 Å². The molecule has 1 aromatic carbocycles. The fourth-order valence-corrected chi connectivity index (χ4v) is 2.21. The first-order valence-corrected chi connectivity index (χ1v) is 6.36. The smallest absolute Gasteiger partial charge is 0.0823 e. The number of nitrogens with zero attached hydrogens (tertiary/aromatic N) is 1. The molecule has 0 aliphatic heterocycles. The van der Waals surface area contributed by atoms with Crippen LogP contribution in [0.5, 0.6) is 0 Å². The summed E-state index contributed by atoms with van der Waals surface area (Å²) < 4.78 is 0. The van der Waals surface area contributed by atoms with Crippen molar-refractivity contribution in [3.05, 3.63) is 35.9 Å². The average Bonchev–Trinajstić information content (AvgIpc) is 2.41. The Balaban J connectivity index is 2.94. The summed E-state index contributed by atoms with van der Waals surface area (Å²) in [5.41, 5.74) is 0.671. The number of hydrogen-bond acceptors (Lipinski definition) is 2. The molecule has 0 aliphatic rings. The number of unbranched alkanes of at least 4 members (excludes halogenated alkanes) is 1. The minimum Gasteiger partial charge on any atom is -0.396 e. The van der Waals surface area contributed by atoms with E-state index < -0.39 is 5.41 Å². The van der Waals surface area contributed by atoms with Crippen LogP contribution in [0, 0.1) is 11.3 Å². The first-order valence-electron chi connectivity index (χ1n) is 6.36. The Kier molecular flexibility index (Phi) is 5.72. The third-order valence-corrected chi connectivity index (χ3v) is 3.26. The lowest BCUT2D eigenvalue weighted by molar-refractivity contribution is 0.268. The van der Waals surface area contributed by atoms with E-state index in [4.69, 9.17) is 5.11 Å². The van der Waals surface area contributed by atoms with Crippen LogP contribution in [0.4, 0.5) is 0 Å². The molecule has 0 amide bonds. The quantitative estimate of drug-likeness (QED) is 0.781. The largest absolute Gasteiger partial charge is 0.396 e. The van der Waals surface area contributed by atoms with Crippen molar-refractivity contribution in [2.75, 3.05) is 6.61 Å². The predicted molar refractivity (Wildman–Crippen MR) is 69.6 cm³/mol. The van der Waals surface area contributed by atoms with Crippen molar-refractivity contribution in [1.29, 1.82) is 5.26 Å². The molecule has 0 radical (unpaired) electrons. The second-order valence-electron chi connectivity index (χ2n) is 4.49. The monoisotopic (exact) mass is 231 g/mol. The molecule has 0 heterocycles. The Labute approximate surface area is 104 Å². The first kappa shape index (κ1) is 13.7. The van der Waals surface area contributed by atoms with Crippen LogP contribution in [0.15, 0.2) is 30.3 Å². The molecule has 0 saturated carbocycles. The summed E-state index contributed by atoms with van der Waals surface area (Å²) in [5.74, 6) is 0. The number of rotatable bonds is 7. The normalized spacial score (nSPS) is 13.9. The van der Waals surface area contributed by atoms with E-state index >= 15 is 0 Å². The van der Waals surface area contributed by atoms with Crippen molar-refractivity contribution in [1.82, 2.24) is 0 Å². The molecular weight excluding hydrogens is 210 g/mol. The highest BCUT2D eigenvalue weighted by molar-refractivity contribution is 5.32. The highest BCUT2D eigenvalue weighted by atomic mass is 16.2. The maximum Gasteiger partial charge on any atom is 0.0823 e. The van der Waals surface area contributed by atoms with Gasteiger partial charge in [0.15, 0.2) is 0 Å². The van der Waals surface area contributed by atoms with E-state index in [2.05, 4.69) is 13.0 Å². The highest BCUT2D eigenvalue weighted by Gasteiger charge is 2.30. The van der Waals surface area contributed by atoms with E-state index in [-0.39, 0.29) is 6.61 Å². The third-order valence-electron chi connectivity index (χ3n) is 3.26. The Morgan fingerprint density at radius 1 is 1.18 bits per heavy atom. The van der Waals surface area contributed by atoms with Gasteiger partial charge in [-0.1, -0.05) is 50.1 Å². The van der Waals surface area contributed by atoms with E-state index in [1.807, 2.05) is 30.3 Å². The van der Waals surface area contributed by atoms with Crippen molar-refractivity contribution < 1.29 is 5.11 Å². The van der Waals surface area contributed by atoms with Crippen molar-refractivity contribution in [3.8, 4) is 6.07 Å². The van der Waals surface area contributed by atoms with E-state index in [9.17, 15) is 5.26 Å². The molecule has 0 spiro atoms. The highest BCUT2D eigenvalue weighted by Crippen LogP contribution is 2.34. The summed E-state index contributed by atoms with van der Waals surface area (Å²) in [4.78, 5) is 0. The van der Waals surface area contributed by atoms with Crippen molar-refractivity contribution >= 4 is 0 Å². The lowest BCUT2D eigenvalue weighted by Crippen LogP contribution is -2.24. The van der Waals surface area contributed by atoms with Gasteiger partial charge in [0.1, 0.15) is 0 Å². The SMILES string of the molecule is CCCCC(C#N)(CCCO)c1ccccc1. The zero-order chi connectivity index (χ0) is 12.6. The van der Waals surface area contributed by atoms with Crippen LogP contribution in [-0.4, -0.2) is 11.7 Å². The molecular formula is C15H21NO. The second-order valence-corrected chi connectivity index (χ2v) is 4.49. The van der Waals surface area contributed by atoms with Gasteiger partial charge in [-0.3, -0.25) is 0 Å². The first-order chi connectivity index (χ1) is 8.29. The lowest BCUT2D eigenvalue weighted by atomic mass is 9.74. The van der Waals surface area contributed by atoms with Crippen LogP contribution in [0.1, 0.15) is 44.6 Å². The standard InChI is InChI=1S/C15H21NO/c1-2-3-10-15(13-16,11-7-12-17)14-8-5-4-6-9-14/h4-6,8-9,17H,2-3,7,10-12H2,1H3. The molecule has 17 heavy (non-hydrogen) atoms. The van der Waals surface area contributed by atoms with Gasteiger partial charge in [-0.25, -0.2) is 0 Å². The zero-order valence-corrected chi connectivity index (χ0v) is 10.5. The molecule has 2 heteroatoms. The van der Waals surface area contributed by atoms with Gasteiger partial charge in [0.05, 0.1) is 11.5 Å². The Hall–Kier alpha value is -1.33. The summed E-state index contributed by atoms with van der Waals surface area (Å²) in [7, 11) is 0. The number of aliphatic hydroxyl groups excluding tert-OH is 1. The molecule has 0 aliphatic carbocycles. The molecule has 0 saturated heterocycles. The van der Waals surface area contributed by atoms with Gasteiger partial charge in [-0.05, 0) is 24.8 Å². The summed E-state index contributed by atoms with van der Waals surface area (Å²) in [6, 6.07) is 12.5. The van der Waals surface area contributed by atoms with Crippen molar-refractivity contribution in [2.24, 2.45) is 0 Å². The van der Waals surface area contributed by atoms with Gasteiger partial charge in [0.2, 0.25) is 0 Å². The van der Waals surface area contributed by atoms with Gasteiger partial charge in [0, 0.05) is 6.61 Å². The van der Waals surface area contributed by atoms with Gasteiger partial charge in [-0.2, -0.15) is 5.26 Å². The Bertz CT molecular complexity index is 345. The van der Waals surface area contributed by atoms with Crippen LogP contribution < -0.4 is 0 Å². The topological polar surface area (TPSA) is 44.0 Å². The lowest BCUT2D eigenvalue weighted by Gasteiger charge is -2.27. The molecule has 1 aromatic rings. The van der Waals surface area contributed by atoms with Crippen LogP contribution in [-0.2, 0) is 5.41 Å². The Morgan fingerprint density at radius 3 is 2.35 bits per heavy atom. The maximum absolute atomic E-state index is 9.55. The number of nitriles is 1. The van der Waals surface area contributed by atoms with Crippen LogP contribution in [0.3, 0.4) is 0 Å². The molecule has 1 atom stereocenters. The number of benzene rings is 1. The molecule has 1 N–H and O–H groups in total. The number of hydrogen-bond donors (Lipinski definition) is 1. The molecule has 0 fully saturated rings. The molecule has 0 aromatic heterocycles. The minimum atomic E-state index is -0.417. The zero-order valence-electron chi connectivity index (χ0n) is 10.5.